The molecule has 0 spiro atoms. The highest BCUT2D eigenvalue weighted by atomic mass is 32.2. The Labute approximate surface area is 132 Å². The molecule has 0 aliphatic heterocycles. The van der Waals surface area contributed by atoms with Gasteiger partial charge in [-0.05, 0) is 37.4 Å². The van der Waals surface area contributed by atoms with Crippen LogP contribution in [-0.4, -0.2) is 34.5 Å². The Morgan fingerprint density at radius 2 is 1.76 bits per heavy atom. The predicted octanol–water partition coefficient (Wildman–Crippen LogP) is 3.45. The minimum Gasteiger partial charge on any atom is -0.481 e. The minimum atomic E-state index is -0.787. The molecule has 1 saturated carbocycles. The zero-order valence-corrected chi connectivity index (χ0v) is 14.4. The lowest BCUT2D eigenvalue weighted by molar-refractivity contribution is -0.140. The average Bonchev–Trinajstić information content (AvgIpc) is 2.88. The first-order chi connectivity index (χ1) is 9.91. The standard InChI is InChI=1S/C16H29NO3S/c1-4-16(5-2,21-3)12-17-13(18)10-15(11-14(19)20)8-6-7-9-15/h4-12H2,1-3H3,(H,17,18)(H,19,20). The fourth-order valence-electron chi connectivity index (χ4n) is 3.39. The molecule has 0 heterocycles. The molecule has 1 rings (SSSR count). The van der Waals surface area contributed by atoms with E-state index in [1.54, 1.807) is 11.8 Å². The average molecular weight is 315 g/mol. The third-order valence-electron chi connectivity index (χ3n) is 5.06. The summed E-state index contributed by atoms with van der Waals surface area (Å²) in [6.07, 6.45) is 8.41. The van der Waals surface area contributed by atoms with Crippen LogP contribution in [0.25, 0.3) is 0 Å². The molecule has 0 radical (unpaired) electrons. The molecular formula is C16H29NO3S. The zero-order valence-electron chi connectivity index (χ0n) is 13.5. The quantitative estimate of drug-likeness (QED) is 0.684. The van der Waals surface area contributed by atoms with Gasteiger partial charge in [0.25, 0.3) is 0 Å². The van der Waals surface area contributed by atoms with Crippen LogP contribution < -0.4 is 5.32 Å². The van der Waals surface area contributed by atoms with E-state index in [2.05, 4.69) is 25.4 Å². The van der Waals surface area contributed by atoms with Gasteiger partial charge in [0.1, 0.15) is 0 Å². The van der Waals surface area contributed by atoms with Crippen LogP contribution in [0.5, 0.6) is 0 Å². The zero-order chi connectivity index (χ0) is 15.9. The molecule has 1 aliphatic rings. The van der Waals surface area contributed by atoms with Gasteiger partial charge in [0.2, 0.25) is 5.91 Å². The first kappa shape index (κ1) is 18.3. The molecule has 0 aromatic heterocycles. The molecule has 0 unspecified atom stereocenters. The van der Waals surface area contributed by atoms with Crippen molar-refractivity contribution < 1.29 is 14.7 Å². The molecule has 0 aromatic rings. The molecule has 0 atom stereocenters. The predicted molar refractivity (Wildman–Crippen MR) is 87.6 cm³/mol. The van der Waals surface area contributed by atoms with E-state index >= 15 is 0 Å². The van der Waals surface area contributed by atoms with Crippen LogP contribution in [0.2, 0.25) is 0 Å². The maximum absolute atomic E-state index is 12.3. The number of hydrogen-bond donors (Lipinski definition) is 2. The van der Waals surface area contributed by atoms with Gasteiger partial charge in [0.05, 0.1) is 6.42 Å². The Kier molecular flexibility index (Phi) is 7.04. The van der Waals surface area contributed by atoms with Crippen LogP contribution in [0.1, 0.15) is 65.2 Å². The second kappa shape index (κ2) is 8.06. The highest BCUT2D eigenvalue weighted by Gasteiger charge is 2.38. The maximum atomic E-state index is 12.3. The summed E-state index contributed by atoms with van der Waals surface area (Å²) in [6, 6.07) is 0. The smallest absolute Gasteiger partial charge is 0.303 e. The van der Waals surface area contributed by atoms with Crippen LogP contribution >= 0.6 is 11.8 Å². The summed E-state index contributed by atoms with van der Waals surface area (Å²) in [5.74, 6) is -0.774. The minimum absolute atomic E-state index is 0.0125. The van der Waals surface area contributed by atoms with E-state index in [0.717, 1.165) is 38.5 Å². The summed E-state index contributed by atoms with van der Waals surface area (Å²) in [5.41, 5.74) is -0.309. The van der Waals surface area contributed by atoms with E-state index in [4.69, 9.17) is 5.11 Å². The Morgan fingerprint density at radius 1 is 1.19 bits per heavy atom. The molecular weight excluding hydrogens is 286 g/mol. The lowest BCUT2D eigenvalue weighted by Crippen LogP contribution is -2.41. The molecule has 1 amide bonds. The fourth-order valence-corrected chi connectivity index (χ4v) is 4.18. The largest absolute Gasteiger partial charge is 0.481 e. The van der Waals surface area contributed by atoms with Gasteiger partial charge in [-0.2, -0.15) is 11.8 Å². The Balaban J connectivity index is 2.57. The Bertz CT molecular complexity index is 352. The number of aliphatic carboxylic acids is 1. The molecule has 0 saturated heterocycles. The van der Waals surface area contributed by atoms with Gasteiger partial charge in [0, 0.05) is 17.7 Å². The van der Waals surface area contributed by atoms with Gasteiger partial charge < -0.3 is 10.4 Å². The van der Waals surface area contributed by atoms with Crippen molar-refractivity contribution in [2.45, 2.75) is 70.0 Å². The highest BCUT2D eigenvalue weighted by molar-refractivity contribution is 8.00. The van der Waals surface area contributed by atoms with Crippen molar-refractivity contribution >= 4 is 23.6 Å². The van der Waals surface area contributed by atoms with E-state index < -0.39 is 5.97 Å². The molecule has 1 aliphatic carbocycles. The van der Waals surface area contributed by atoms with Crippen molar-refractivity contribution in [3.63, 3.8) is 0 Å². The molecule has 5 heteroatoms. The second-order valence-electron chi connectivity index (χ2n) is 6.33. The number of rotatable bonds is 9. The van der Waals surface area contributed by atoms with Crippen molar-refractivity contribution in [1.82, 2.24) is 5.32 Å². The number of carboxylic acid groups (broad SMARTS) is 1. The number of carbonyl (C=O) groups is 2. The van der Waals surface area contributed by atoms with Crippen molar-refractivity contribution in [3.05, 3.63) is 0 Å². The summed E-state index contributed by atoms with van der Waals surface area (Å²) in [6.45, 7) is 4.97. The van der Waals surface area contributed by atoms with Crippen molar-refractivity contribution in [1.29, 1.82) is 0 Å². The monoisotopic (exact) mass is 315 g/mol. The molecule has 21 heavy (non-hydrogen) atoms. The third kappa shape index (κ3) is 5.20. The van der Waals surface area contributed by atoms with Crippen LogP contribution in [0.4, 0.5) is 0 Å². The van der Waals surface area contributed by atoms with E-state index in [-0.39, 0.29) is 22.5 Å². The van der Waals surface area contributed by atoms with Gasteiger partial charge in [0.15, 0.2) is 0 Å². The van der Waals surface area contributed by atoms with Crippen molar-refractivity contribution in [2.75, 3.05) is 12.8 Å². The van der Waals surface area contributed by atoms with Crippen LogP contribution in [0, 0.1) is 5.41 Å². The normalized spacial score (nSPS) is 17.7. The molecule has 4 nitrogen and oxygen atoms in total. The summed E-state index contributed by atoms with van der Waals surface area (Å²) < 4.78 is 0.102. The van der Waals surface area contributed by atoms with Crippen LogP contribution in [0.15, 0.2) is 0 Å². The van der Waals surface area contributed by atoms with E-state index in [1.165, 1.54) is 0 Å². The molecule has 2 N–H and O–H groups in total. The number of thioether (sulfide) groups is 1. The Hall–Kier alpha value is -0.710. The van der Waals surface area contributed by atoms with Gasteiger partial charge in [-0.15, -0.1) is 0 Å². The summed E-state index contributed by atoms with van der Waals surface area (Å²) in [5, 5.41) is 12.1. The van der Waals surface area contributed by atoms with Gasteiger partial charge in [-0.25, -0.2) is 0 Å². The van der Waals surface area contributed by atoms with Gasteiger partial charge in [-0.1, -0.05) is 26.7 Å². The number of carbonyl (C=O) groups excluding carboxylic acids is 1. The van der Waals surface area contributed by atoms with Crippen molar-refractivity contribution in [2.24, 2.45) is 5.41 Å². The first-order valence-corrected chi connectivity index (χ1v) is 9.17. The summed E-state index contributed by atoms with van der Waals surface area (Å²) in [4.78, 5) is 23.3. The molecule has 122 valence electrons. The summed E-state index contributed by atoms with van der Waals surface area (Å²) >= 11 is 1.80. The molecule has 0 aromatic carbocycles. The fraction of sp³-hybridized carbons (Fsp3) is 0.875. The Morgan fingerprint density at radius 3 is 2.19 bits per heavy atom. The van der Waals surface area contributed by atoms with E-state index in [9.17, 15) is 9.59 Å². The number of amides is 1. The third-order valence-corrected chi connectivity index (χ3v) is 6.64. The highest BCUT2D eigenvalue weighted by Crippen LogP contribution is 2.44. The van der Waals surface area contributed by atoms with Crippen LogP contribution in [0.3, 0.4) is 0 Å². The van der Waals surface area contributed by atoms with Crippen LogP contribution in [-0.2, 0) is 9.59 Å². The lowest BCUT2D eigenvalue weighted by Gasteiger charge is -2.31. The SMILES string of the molecule is CCC(CC)(CNC(=O)CC1(CC(=O)O)CCCC1)SC. The van der Waals surface area contributed by atoms with Crippen molar-refractivity contribution in [3.8, 4) is 0 Å². The molecule has 1 fully saturated rings. The van der Waals surface area contributed by atoms with E-state index in [0.29, 0.717) is 13.0 Å². The van der Waals surface area contributed by atoms with E-state index in [1.807, 2.05) is 0 Å². The summed E-state index contributed by atoms with van der Waals surface area (Å²) in [7, 11) is 0. The number of nitrogens with one attached hydrogen (secondary N) is 1. The maximum Gasteiger partial charge on any atom is 0.303 e. The molecule has 0 bridgehead atoms. The number of carboxylic acids is 1. The first-order valence-electron chi connectivity index (χ1n) is 7.94. The topological polar surface area (TPSA) is 66.4 Å². The lowest BCUT2D eigenvalue weighted by atomic mass is 9.79. The number of hydrogen-bond acceptors (Lipinski definition) is 3. The van der Waals surface area contributed by atoms with Gasteiger partial charge in [-0.3, -0.25) is 9.59 Å². The second-order valence-corrected chi connectivity index (χ2v) is 7.60. The van der Waals surface area contributed by atoms with Gasteiger partial charge >= 0.3 is 5.97 Å².